The summed E-state index contributed by atoms with van der Waals surface area (Å²) in [7, 11) is -2.40. The topological polar surface area (TPSA) is 74.6 Å². The molecular formula is C9H9O4Si. The van der Waals surface area contributed by atoms with E-state index in [0.29, 0.717) is 0 Å². The monoisotopic (exact) mass is 209 g/mol. The second-order valence-corrected chi connectivity index (χ2v) is 4.92. The molecule has 0 fully saturated rings. The molecule has 0 heterocycles. The number of benzene rings is 1. The lowest BCUT2D eigenvalue weighted by atomic mass is 10.2. The fourth-order valence-electron chi connectivity index (χ4n) is 1.04. The Balaban J connectivity index is 2.75. The summed E-state index contributed by atoms with van der Waals surface area (Å²) in [5.74, 6) is 0. The highest BCUT2D eigenvalue weighted by molar-refractivity contribution is 7.08. The normalized spacial score (nSPS) is 10.1. The van der Waals surface area contributed by atoms with E-state index >= 15 is 0 Å². The van der Waals surface area contributed by atoms with Gasteiger partial charge < -0.3 is 10.2 Å². The molecule has 14 heavy (non-hydrogen) atoms. The summed E-state index contributed by atoms with van der Waals surface area (Å²) in [4.78, 5) is 21.2. The van der Waals surface area contributed by atoms with E-state index in [1.54, 1.807) is 30.3 Å². The zero-order valence-corrected chi connectivity index (χ0v) is 8.30. The highest BCUT2D eigenvalue weighted by Gasteiger charge is 2.30. The first-order valence-electron chi connectivity index (χ1n) is 3.97. The number of carboxylic acid groups (broad SMARTS) is 2. The van der Waals surface area contributed by atoms with Gasteiger partial charge in [-0.1, -0.05) is 30.3 Å². The highest BCUT2D eigenvalue weighted by atomic mass is 28.3. The van der Waals surface area contributed by atoms with E-state index in [4.69, 9.17) is 10.2 Å². The summed E-state index contributed by atoms with van der Waals surface area (Å²) >= 11 is 0. The van der Waals surface area contributed by atoms with Crippen LogP contribution in [0.5, 0.6) is 0 Å². The predicted molar refractivity (Wildman–Crippen MR) is 51.9 cm³/mol. The third-order valence-corrected chi connectivity index (χ3v) is 3.53. The van der Waals surface area contributed by atoms with E-state index in [2.05, 4.69) is 0 Å². The van der Waals surface area contributed by atoms with E-state index in [-0.39, 0.29) is 6.04 Å². The molecule has 0 saturated carbocycles. The average molecular weight is 209 g/mol. The van der Waals surface area contributed by atoms with Gasteiger partial charge in [-0.3, -0.25) is 9.59 Å². The number of carbonyl (C=O) groups is 2. The first-order valence-corrected chi connectivity index (χ1v) is 5.68. The summed E-state index contributed by atoms with van der Waals surface area (Å²) in [5, 5.41) is 17.3. The second kappa shape index (κ2) is 4.57. The first-order chi connectivity index (χ1) is 6.61. The van der Waals surface area contributed by atoms with Crippen LogP contribution in [-0.2, 0) is 6.04 Å². The summed E-state index contributed by atoms with van der Waals surface area (Å²) in [6.07, 6.45) is 0. The van der Waals surface area contributed by atoms with Crippen molar-refractivity contribution >= 4 is 20.0 Å². The van der Waals surface area contributed by atoms with Crippen LogP contribution in [0, 0.1) is 0 Å². The largest absolute Gasteiger partial charge is 0.485 e. The molecule has 0 aliphatic heterocycles. The molecule has 0 bridgehead atoms. The average Bonchev–Trinajstić information content (AvgIpc) is 2.15. The Morgan fingerprint density at radius 3 is 2.00 bits per heavy atom. The van der Waals surface area contributed by atoms with E-state index in [1.807, 2.05) is 0 Å². The Hall–Kier alpha value is -1.62. The van der Waals surface area contributed by atoms with Crippen molar-refractivity contribution in [2.24, 2.45) is 0 Å². The first kappa shape index (κ1) is 10.5. The zero-order chi connectivity index (χ0) is 10.6. The Labute approximate surface area is 82.4 Å². The van der Waals surface area contributed by atoms with Crippen molar-refractivity contribution in [3.8, 4) is 0 Å². The van der Waals surface area contributed by atoms with Crippen molar-refractivity contribution in [1.29, 1.82) is 0 Å². The molecule has 0 atom stereocenters. The van der Waals surface area contributed by atoms with Gasteiger partial charge >= 0.3 is 8.80 Å². The van der Waals surface area contributed by atoms with E-state index in [0.717, 1.165) is 5.56 Å². The van der Waals surface area contributed by atoms with Gasteiger partial charge in [-0.2, -0.15) is 0 Å². The van der Waals surface area contributed by atoms with Gasteiger partial charge in [-0.15, -0.1) is 0 Å². The Bertz CT molecular complexity index is 322. The van der Waals surface area contributed by atoms with Gasteiger partial charge in [0.15, 0.2) is 0 Å². The van der Waals surface area contributed by atoms with Crippen molar-refractivity contribution in [3.05, 3.63) is 35.9 Å². The minimum atomic E-state index is -2.40. The Kier molecular flexibility index (Phi) is 3.41. The zero-order valence-electron chi connectivity index (χ0n) is 7.30. The van der Waals surface area contributed by atoms with Gasteiger partial charge in [0, 0.05) is 0 Å². The molecule has 0 aliphatic rings. The molecule has 2 N–H and O–H groups in total. The molecule has 0 spiro atoms. The number of hydrogen-bond acceptors (Lipinski definition) is 2. The third-order valence-electron chi connectivity index (χ3n) is 1.74. The molecule has 1 aromatic rings. The molecule has 0 saturated heterocycles. The van der Waals surface area contributed by atoms with Crippen LogP contribution in [0.4, 0.5) is 9.59 Å². The Morgan fingerprint density at radius 1 is 1.07 bits per heavy atom. The van der Waals surface area contributed by atoms with Gasteiger partial charge in [0.05, 0.1) is 0 Å². The second-order valence-electron chi connectivity index (χ2n) is 2.75. The fraction of sp³-hybridized carbons (Fsp3) is 0.111. The van der Waals surface area contributed by atoms with Crippen molar-refractivity contribution in [3.63, 3.8) is 0 Å². The molecule has 0 aromatic heterocycles. The third kappa shape index (κ3) is 2.70. The summed E-state index contributed by atoms with van der Waals surface area (Å²) in [6.45, 7) is 0. The van der Waals surface area contributed by atoms with Crippen LogP contribution in [0.15, 0.2) is 30.3 Å². The van der Waals surface area contributed by atoms with Crippen molar-refractivity contribution in [1.82, 2.24) is 0 Å². The van der Waals surface area contributed by atoms with Crippen LogP contribution < -0.4 is 0 Å². The van der Waals surface area contributed by atoms with Crippen LogP contribution in [0.2, 0.25) is 0 Å². The molecule has 0 unspecified atom stereocenters. The molecule has 5 heteroatoms. The smallest absolute Gasteiger partial charge is 0.331 e. The van der Waals surface area contributed by atoms with Gasteiger partial charge in [-0.05, 0) is 11.6 Å². The molecule has 1 radical (unpaired) electrons. The quantitative estimate of drug-likeness (QED) is 0.741. The van der Waals surface area contributed by atoms with Gasteiger partial charge in [0.2, 0.25) is 0 Å². The maximum absolute atomic E-state index is 10.6. The van der Waals surface area contributed by atoms with Crippen LogP contribution >= 0.6 is 0 Å². The van der Waals surface area contributed by atoms with Crippen LogP contribution in [-0.4, -0.2) is 30.2 Å². The summed E-state index contributed by atoms with van der Waals surface area (Å²) in [6, 6.07) is 8.91. The van der Waals surface area contributed by atoms with Crippen LogP contribution in [0.25, 0.3) is 0 Å². The minimum Gasteiger partial charge on any atom is -0.485 e. The van der Waals surface area contributed by atoms with E-state index < -0.39 is 20.0 Å². The van der Waals surface area contributed by atoms with Crippen LogP contribution in [0.1, 0.15) is 5.56 Å². The Morgan fingerprint density at radius 2 is 1.57 bits per heavy atom. The van der Waals surface area contributed by atoms with Crippen molar-refractivity contribution in [2.75, 3.05) is 0 Å². The molecule has 0 amide bonds. The SMILES string of the molecule is O=C(O)[Si](Cc1ccccc1)C(=O)O. The lowest BCUT2D eigenvalue weighted by Gasteiger charge is -2.03. The van der Waals surface area contributed by atoms with E-state index in [1.165, 1.54) is 0 Å². The number of rotatable bonds is 4. The van der Waals surface area contributed by atoms with Crippen molar-refractivity contribution in [2.45, 2.75) is 6.04 Å². The minimum absolute atomic E-state index is 0.121. The van der Waals surface area contributed by atoms with E-state index in [9.17, 15) is 9.59 Å². The molecule has 0 aliphatic carbocycles. The highest BCUT2D eigenvalue weighted by Crippen LogP contribution is 2.03. The fourth-order valence-corrected chi connectivity index (χ4v) is 2.17. The standard InChI is InChI=1S/C9H9O4Si/c10-8(11)14(9(12)13)6-7-4-2-1-3-5-7/h1-5H,6H2,(H,10,11)(H,12,13). The predicted octanol–water partition coefficient (Wildman–Crippen LogP) is 1.78. The summed E-state index contributed by atoms with van der Waals surface area (Å²) in [5.41, 5.74) is -1.65. The maximum atomic E-state index is 10.6. The van der Waals surface area contributed by atoms with Gasteiger partial charge in [0.25, 0.3) is 11.2 Å². The number of hydrogen-bond donors (Lipinski definition) is 2. The molecular weight excluding hydrogens is 200 g/mol. The van der Waals surface area contributed by atoms with Gasteiger partial charge in [0.1, 0.15) is 0 Å². The molecule has 1 aromatic carbocycles. The lowest BCUT2D eigenvalue weighted by molar-refractivity contribution is 0.211. The van der Waals surface area contributed by atoms with Crippen LogP contribution in [0.3, 0.4) is 0 Å². The molecule has 4 nitrogen and oxygen atoms in total. The summed E-state index contributed by atoms with van der Waals surface area (Å²) < 4.78 is 0. The molecule has 73 valence electrons. The molecule has 1 rings (SSSR count). The van der Waals surface area contributed by atoms with Gasteiger partial charge in [-0.25, -0.2) is 0 Å². The lowest BCUT2D eigenvalue weighted by Crippen LogP contribution is -2.35. The maximum Gasteiger partial charge on any atom is 0.331 e. The van der Waals surface area contributed by atoms with Crippen molar-refractivity contribution < 1.29 is 19.8 Å².